The van der Waals surface area contributed by atoms with Crippen LogP contribution in [0.4, 0.5) is 4.79 Å². The molecular weight excluding hydrogens is 222 g/mol. The smallest absolute Gasteiger partial charge is 0.407 e. The Bertz CT molecular complexity index is 330. The van der Waals surface area contributed by atoms with Crippen LogP contribution in [0.3, 0.4) is 0 Å². The number of rotatable bonds is 2. The lowest BCUT2D eigenvalue weighted by molar-refractivity contribution is -0.142. The molecule has 0 aromatic heterocycles. The van der Waals surface area contributed by atoms with E-state index in [-0.39, 0.29) is 0 Å². The zero-order chi connectivity index (χ0) is 13.1. The van der Waals surface area contributed by atoms with Crippen LogP contribution >= 0.6 is 0 Å². The SMILES string of the molecule is CC(C)(C)OC(=O)N[C@H]1CC=CC[C@@H]1C(=O)O. The Morgan fingerprint density at radius 1 is 1.29 bits per heavy atom. The minimum Gasteiger partial charge on any atom is -0.481 e. The fraction of sp³-hybridized carbons (Fsp3) is 0.667. The summed E-state index contributed by atoms with van der Waals surface area (Å²) in [5.41, 5.74) is -0.576. The molecule has 0 spiro atoms. The van der Waals surface area contributed by atoms with Crippen LogP contribution in [0, 0.1) is 5.92 Å². The van der Waals surface area contributed by atoms with Gasteiger partial charge in [0.2, 0.25) is 0 Å². The maximum atomic E-state index is 11.5. The number of amides is 1. The summed E-state index contributed by atoms with van der Waals surface area (Å²) < 4.78 is 5.10. The average Bonchev–Trinajstić information content (AvgIpc) is 2.14. The maximum Gasteiger partial charge on any atom is 0.407 e. The fourth-order valence-corrected chi connectivity index (χ4v) is 1.71. The van der Waals surface area contributed by atoms with Crippen molar-refractivity contribution in [3.63, 3.8) is 0 Å². The number of carboxylic acids is 1. The van der Waals surface area contributed by atoms with Gasteiger partial charge in [0.25, 0.3) is 0 Å². The van der Waals surface area contributed by atoms with Crippen molar-refractivity contribution < 1.29 is 19.4 Å². The van der Waals surface area contributed by atoms with Gasteiger partial charge in [-0.15, -0.1) is 0 Å². The van der Waals surface area contributed by atoms with Crippen LogP contribution in [0.15, 0.2) is 12.2 Å². The van der Waals surface area contributed by atoms with Gasteiger partial charge in [-0.2, -0.15) is 0 Å². The number of alkyl carbamates (subject to hydrolysis) is 1. The summed E-state index contributed by atoms with van der Waals surface area (Å²) in [6.45, 7) is 5.30. The lowest BCUT2D eigenvalue weighted by Gasteiger charge is -2.28. The second-order valence-corrected chi connectivity index (χ2v) is 5.14. The standard InChI is InChI=1S/C12H19NO4/c1-12(2,3)17-11(16)13-9-7-5-4-6-8(9)10(14)15/h4-5,8-9H,6-7H2,1-3H3,(H,13,16)(H,14,15)/t8-,9-/m0/s1. The minimum absolute atomic E-state index is 0.396. The van der Waals surface area contributed by atoms with Crippen molar-refractivity contribution in [3.05, 3.63) is 12.2 Å². The highest BCUT2D eigenvalue weighted by molar-refractivity contribution is 5.74. The number of allylic oxidation sites excluding steroid dienone is 1. The Labute approximate surface area is 101 Å². The molecular formula is C12H19NO4. The van der Waals surface area contributed by atoms with E-state index in [9.17, 15) is 9.59 Å². The van der Waals surface area contributed by atoms with E-state index in [4.69, 9.17) is 9.84 Å². The zero-order valence-corrected chi connectivity index (χ0v) is 10.4. The van der Waals surface area contributed by atoms with Gasteiger partial charge < -0.3 is 15.2 Å². The molecule has 5 heteroatoms. The van der Waals surface area contributed by atoms with E-state index in [1.165, 1.54) is 0 Å². The average molecular weight is 241 g/mol. The second kappa shape index (κ2) is 5.21. The summed E-state index contributed by atoms with van der Waals surface area (Å²) in [6.07, 6.45) is 4.10. The first-order valence-corrected chi connectivity index (χ1v) is 5.67. The van der Waals surface area contributed by atoms with E-state index in [0.29, 0.717) is 12.8 Å². The van der Waals surface area contributed by atoms with Gasteiger partial charge >= 0.3 is 12.1 Å². The quantitative estimate of drug-likeness (QED) is 0.724. The summed E-state index contributed by atoms with van der Waals surface area (Å²) in [6, 6.07) is -0.396. The van der Waals surface area contributed by atoms with Crippen LogP contribution in [0.2, 0.25) is 0 Å². The van der Waals surface area contributed by atoms with Gasteiger partial charge in [-0.25, -0.2) is 4.79 Å². The topological polar surface area (TPSA) is 75.6 Å². The highest BCUT2D eigenvalue weighted by Gasteiger charge is 2.31. The lowest BCUT2D eigenvalue weighted by Crippen LogP contribution is -2.45. The van der Waals surface area contributed by atoms with E-state index in [1.54, 1.807) is 20.8 Å². The summed E-state index contributed by atoms with van der Waals surface area (Å²) in [5.74, 6) is -1.47. The molecule has 0 unspecified atom stereocenters. The predicted octanol–water partition coefficient (Wildman–Crippen LogP) is 1.93. The van der Waals surface area contributed by atoms with E-state index in [0.717, 1.165) is 0 Å². The third-order valence-corrected chi connectivity index (χ3v) is 2.45. The van der Waals surface area contributed by atoms with Gasteiger partial charge in [0.05, 0.1) is 5.92 Å². The number of carbonyl (C=O) groups is 2. The molecule has 2 atom stereocenters. The van der Waals surface area contributed by atoms with E-state index < -0.39 is 29.6 Å². The normalized spacial score (nSPS) is 24.2. The monoisotopic (exact) mass is 241 g/mol. The van der Waals surface area contributed by atoms with Crippen LogP contribution in [-0.2, 0) is 9.53 Å². The molecule has 0 radical (unpaired) electrons. The Morgan fingerprint density at radius 2 is 1.88 bits per heavy atom. The molecule has 0 heterocycles. The first-order chi connectivity index (χ1) is 7.79. The largest absolute Gasteiger partial charge is 0.481 e. The van der Waals surface area contributed by atoms with E-state index >= 15 is 0 Å². The summed E-state index contributed by atoms with van der Waals surface area (Å²) >= 11 is 0. The molecule has 0 fully saturated rings. The van der Waals surface area contributed by atoms with Gasteiger partial charge in [-0.1, -0.05) is 12.2 Å². The third-order valence-electron chi connectivity index (χ3n) is 2.45. The molecule has 17 heavy (non-hydrogen) atoms. The Morgan fingerprint density at radius 3 is 2.41 bits per heavy atom. The number of carboxylic acid groups (broad SMARTS) is 1. The molecule has 0 aromatic carbocycles. The minimum atomic E-state index is -0.893. The first kappa shape index (κ1) is 13.5. The molecule has 0 aromatic rings. The van der Waals surface area contributed by atoms with E-state index in [2.05, 4.69) is 5.32 Å². The van der Waals surface area contributed by atoms with Gasteiger partial charge in [-0.3, -0.25) is 4.79 Å². The van der Waals surface area contributed by atoms with Crippen LogP contribution < -0.4 is 5.32 Å². The number of hydrogen-bond acceptors (Lipinski definition) is 3. The van der Waals surface area contributed by atoms with Crippen LogP contribution in [0.25, 0.3) is 0 Å². The van der Waals surface area contributed by atoms with Crippen molar-refractivity contribution in [2.75, 3.05) is 0 Å². The van der Waals surface area contributed by atoms with E-state index in [1.807, 2.05) is 12.2 Å². The molecule has 1 aliphatic carbocycles. The van der Waals surface area contributed by atoms with Crippen molar-refractivity contribution in [1.82, 2.24) is 5.32 Å². The molecule has 0 saturated carbocycles. The van der Waals surface area contributed by atoms with Crippen molar-refractivity contribution in [2.45, 2.75) is 45.3 Å². The Hall–Kier alpha value is -1.52. The molecule has 1 rings (SSSR count). The van der Waals surface area contributed by atoms with Gasteiger partial charge in [0, 0.05) is 6.04 Å². The Balaban J connectivity index is 2.57. The van der Waals surface area contributed by atoms with Crippen LogP contribution in [0.1, 0.15) is 33.6 Å². The molecule has 96 valence electrons. The molecule has 1 aliphatic rings. The molecule has 5 nitrogen and oxygen atoms in total. The first-order valence-electron chi connectivity index (χ1n) is 5.67. The summed E-state index contributed by atoms with van der Waals surface area (Å²) in [7, 11) is 0. The van der Waals surface area contributed by atoms with Crippen LogP contribution in [0.5, 0.6) is 0 Å². The van der Waals surface area contributed by atoms with Gasteiger partial charge in [0.15, 0.2) is 0 Å². The number of hydrogen-bond donors (Lipinski definition) is 2. The third kappa shape index (κ3) is 4.46. The molecule has 2 N–H and O–H groups in total. The number of aliphatic carboxylic acids is 1. The second-order valence-electron chi connectivity index (χ2n) is 5.14. The zero-order valence-electron chi connectivity index (χ0n) is 10.4. The highest BCUT2D eigenvalue weighted by atomic mass is 16.6. The summed E-state index contributed by atoms with van der Waals surface area (Å²) in [5, 5.41) is 11.6. The highest BCUT2D eigenvalue weighted by Crippen LogP contribution is 2.20. The van der Waals surface area contributed by atoms with Crippen molar-refractivity contribution in [1.29, 1.82) is 0 Å². The molecule has 1 amide bonds. The van der Waals surface area contributed by atoms with Gasteiger partial charge in [0.1, 0.15) is 5.60 Å². The summed E-state index contributed by atoms with van der Waals surface area (Å²) in [4.78, 5) is 22.6. The van der Waals surface area contributed by atoms with Gasteiger partial charge in [-0.05, 0) is 33.6 Å². The predicted molar refractivity (Wildman–Crippen MR) is 62.7 cm³/mol. The Kier molecular flexibility index (Phi) is 4.15. The van der Waals surface area contributed by atoms with Crippen LogP contribution in [-0.4, -0.2) is 28.8 Å². The number of carbonyl (C=O) groups excluding carboxylic acids is 1. The maximum absolute atomic E-state index is 11.5. The lowest BCUT2D eigenvalue weighted by atomic mass is 9.89. The van der Waals surface area contributed by atoms with Crippen molar-refractivity contribution in [2.24, 2.45) is 5.92 Å². The van der Waals surface area contributed by atoms with Crippen molar-refractivity contribution >= 4 is 12.1 Å². The fourth-order valence-electron chi connectivity index (χ4n) is 1.71. The molecule has 0 aliphatic heterocycles. The number of ether oxygens (including phenoxy) is 1. The molecule has 0 bridgehead atoms. The van der Waals surface area contributed by atoms with Crippen molar-refractivity contribution in [3.8, 4) is 0 Å². The molecule has 0 saturated heterocycles. The number of nitrogens with one attached hydrogen (secondary N) is 1.